The number of nitrogens with zero attached hydrogens (tertiary/aromatic N) is 1. The molecule has 0 radical (unpaired) electrons. The van der Waals surface area contributed by atoms with Crippen LogP contribution in [0.25, 0.3) is 0 Å². The molecule has 1 aromatic carbocycles. The molecule has 0 aliphatic rings. The molecule has 0 spiro atoms. The van der Waals surface area contributed by atoms with Crippen LogP contribution in [0.3, 0.4) is 0 Å². The third-order valence-corrected chi connectivity index (χ3v) is 3.75. The Kier molecular flexibility index (Phi) is 6.88. The van der Waals surface area contributed by atoms with E-state index in [2.05, 4.69) is 6.07 Å². The zero-order valence-corrected chi connectivity index (χ0v) is 14.6. The molecular formula is C19H25NO4. The third kappa shape index (κ3) is 5.42. The highest BCUT2D eigenvalue weighted by Gasteiger charge is 2.15. The highest BCUT2D eigenvalue weighted by Crippen LogP contribution is 2.19. The maximum absolute atomic E-state index is 12.5. The van der Waals surface area contributed by atoms with Gasteiger partial charge in [-0.3, -0.25) is 4.79 Å². The third-order valence-electron chi connectivity index (χ3n) is 3.75. The van der Waals surface area contributed by atoms with Crippen LogP contribution in [0, 0.1) is 13.8 Å². The van der Waals surface area contributed by atoms with Gasteiger partial charge in [-0.2, -0.15) is 0 Å². The van der Waals surface area contributed by atoms with Gasteiger partial charge >= 0.3 is 0 Å². The fraction of sp³-hybridized carbons (Fsp3) is 0.421. The van der Waals surface area contributed by atoms with Crippen LogP contribution < -0.4 is 4.74 Å². The molecule has 1 amide bonds. The average molecular weight is 331 g/mol. The molecule has 0 fully saturated rings. The maximum atomic E-state index is 12.5. The van der Waals surface area contributed by atoms with Gasteiger partial charge in [0.25, 0.3) is 0 Å². The lowest BCUT2D eigenvalue weighted by atomic mass is 10.1. The number of rotatable bonds is 9. The van der Waals surface area contributed by atoms with Gasteiger partial charge in [-0.1, -0.05) is 17.7 Å². The summed E-state index contributed by atoms with van der Waals surface area (Å²) in [4.78, 5) is 14.2. The highest BCUT2D eigenvalue weighted by molar-refractivity contribution is 5.76. The van der Waals surface area contributed by atoms with Crippen molar-refractivity contribution in [1.82, 2.24) is 4.90 Å². The Balaban J connectivity index is 1.87. The molecule has 0 bridgehead atoms. The van der Waals surface area contributed by atoms with Gasteiger partial charge in [0.2, 0.25) is 5.91 Å². The summed E-state index contributed by atoms with van der Waals surface area (Å²) in [6, 6.07) is 9.70. The second kappa shape index (κ2) is 9.13. The molecule has 0 unspecified atom stereocenters. The average Bonchev–Trinajstić information content (AvgIpc) is 3.06. The molecule has 1 aromatic heterocycles. The van der Waals surface area contributed by atoms with E-state index in [9.17, 15) is 4.79 Å². The Hall–Kier alpha value is -2.27. The van der Waals surface area contributed by atoms with Gasteiger partial charge in [0.1, 0.15) is 11.5 Å². The topological polar surface area (TPSA) is 51.9 Å². The first-order valence-corrected chi connectivity index (χ1v) is 8.09. The van der Waals surface area contributed by atoms with E-state index in [4.69, 9.17) is 13.9 Å². The zero-order valence-electron chi connectivity index (χ0n) is 14.6. The molecule has 5 heteroatoms. The number of hydrogen-bond acceptors (Lipinski definition) is 4. The van der Waals surface area contributed by atoms with E-state index in [1.807, 2.05) is 38.1 Å². The molecule has 0 saturated heterocycles. The van der Waals surface area contributed by atoms with E-state index >= 15 is 0 Å². The Labute approximate surface area is 143 Å². The standard InChI is InChI=1S/C19H25NO4/c1-15-6-7-18(16(2)13-15)24-11-8-19(21)20(9-12-22-3)14-17-5-4-10-23-17/h4-7,10,13H,8-9,11-12,14H2,1-3H3. The second-order valence-corrected chi connectivity index (χ2v) is 5.75. The molecule has 0 N–H and O–H groups in total. The molecule has 0 aliphatic heterocycles. The molecule has 0 atom stereocenters. The van der Waals surface area contributed by atoms with Crippen LogP contribution in [0.15, 0.2) is 41.0 Å². The Bertz CT molecular complexity index is 637. The smallest absolute Gasteiger partial charge is 0.226 e. The lowest BCUT2D eigenvalue weighted by Gasteiger charge is -2.21. The van der Waals surface area contributed by atoms with Crippen LogP contribution in [0.4, 0.5) is 0 Å². The molecule has 24 heavy (non-hydrogen) atoms. The summed E-state index contributed by atoms with van der Waals surface area (Å²) >= 11 is 0. The fourth-order valence-electron chi connectivity index (χ4n) is 2.45. The van der Waals surface area contributed by atoms with Crippen LogP contribution in [0.5, 0.6) is 5.75 Å². The number of carbonyl (C=O) groups excluding carboxylic acids is 1. The predicted molar refractivity (Wildman–Crippen MR) is 92.0 cm³/mol. The monoisotopic (exact) mass is 331 g/mol. The van der Waals surface area contributed by atoms with E-state index in [0.29, 0.717) is 32.7 Å². The summed E-state index contributed by atoms with van der Waals surface area (Å²) < 4.78 is 16.2. The van der Waals surface area contributed by atoms with E-state index < -0.39 is 0 Å². The van der Waals surface area contributed by atoms with Gasteiger partial charge in [0, 0.05) is 13.7 Å². The number of ether oxygens (including phenoxy) is 2. The van der Waals surface area contributed by atoms with E-state index in [0.717, 1.165) is 17.1 Å². The van der Waals surface area contributed by atoms with Gasteiger partial charge in [-0.25, -0.2) is 0 Å². The SMILES string of the molecule is COCCN(Cc1ccco1)C(=O)CCOc1ccc(C)cc1C. The summed E-state index contributed by atoms with van der Waals surface area (Å²) in [6.45, 7) is 5.86. The molecule has 1 heterocycles. The van der Waals surface area contributed by atoms with Crippen molar-refractivity contribution in [3.8, 4) is 5.75 Å². The molecule has 0 aliphatic carbocycles. The van der Waals surface area contributed by atoms with Crippen molar-refractivity contribution in [2.45, 2.75) is 26.8 Å². The van der Waals surface area contributed by atoms with Crippen LogP contribution >= 0.6 is 0 Å². The van der Waals surface area contributed by atoms with Crippen molar-refractivity contribution < 1.29 is 18.7 Å². The van der Waals surface area contributed by atoms with E-state index in [-0.39, 0.29) is 5.91 Å². The number of carbonyl (C=O) groups is 1. The molecule has 5 nitrogen and oxygen atoms in total. The number of methoxy groups -OCH3 is 1. The number of furan rings is 1. The second-order valence-electron chi connectivity index (χ2n) is 5.75. The van der Waals surface area contributed by atoms with Gasteiger partial charge in [0.15, 0.2) is 0 Å². The van der Waals surface area contributed by atoms with Crippen LogP contribution in [0.2, 0.25) is 0 Å². The normalized spacial score (nSPS) is 10.6. The van der Waals surface area contributed by atoms with Gasteiger partial charge in [-0.05, 0) is 37.6 Å². The van der Waals surface area contributed by atoms with Gasteiger partial charge < -0.3 is 18.8 Å². The minimum atomic E-state index is 0.0215. The number of aryl methyl sites for hydroxylation is 2. The fourth-order valence-corrected chi connectivity index (χ4v) is 2.45. The first-order valence-electron chi connectivity index (χ1n) is 8.09. The quantitative estimate of drug-likeness (QED) is 0.707. The highest BCUT2D eigenvalue weighted by atomic mass is 16.5. The molecular weight excluding hydrogens is 306 g/mol. The maximum Gasteiger partial charge on any atom is 0.226 e. The van der Waals surface area contributed by atoms with Crippen LogP contribution in [-0.4, -0.2) is 37.7 Å². The minimum absolute atomic E-state index is 0.0215. The lowest BCUT2D eigenvalue weighted by Crippen LogP contribution is -2.34. The lowest BCUT2D eigenvalue weighted by molar-refractivity contribution is -0.133. The van der Waals surface area contributed by atoms with Crippen LogP contribution in [0.1, 0.15) is 23.3 Å². The van der Waals surface area contributed by atoms with E-state index in [1.54, 1.807) is 18.3 Å². The predicted octanol–water partition coefficient (Wildman–Crippen LogP) is 3.34. The Morgan fingerprint density at radius 3 is 2.71 bits per heavy atom. The van der Waals surface area contributed by atoms with Crippen LogP contribution in [-0.2, 0) is 16.1 Å². The zero-order chi connectivity index (χ0) is 17.4. The van der Waals surface area contributed by atoms with Gasteiger partial charge in [-0.15, -0.1) is 0 Å². The van der Waals surface area contributed by atoms with Crippen molar-refractivity contribution in [2.24, 2.45) is 0 Å². The molecule has 2 aromatic rings. The summed E-state index contributed by atoms with van der Waals surface area (Å²) in [6.07, 6.45) is 1.93. The van der Waals surface area contributed by atoms with Crippen molar-refractivity contribution in [3.63, 3.8) is 0 Å². The minimum Gasteiger partial charge on any atom is -0.493 e. The molecule has 130 valence electrons. The Morgan fingerprint density at radius 1 is 1.21 bits per heavy atom. The summed E-state index contributed by atoms with van der Waals surface area (Å²) in [5.41, 5.74) is 2.27. The molecule has 2 rings (SSSR count). The van der Waals surface area contributed by atoms with Crippen molar-refractivity contribution in [1.29, 1.82) is 0 Å². The van der Waals surface area contributed by atoms with Crippen molar-refractivity contribution in [3.05, 3.63) is 53.5 Å². The number of benzene rings is 1. The summed E-state index contributed by atoms with van der Waals surface area (Å²) in [5, 5.41) is 0. The molecule has 0 saturated carbocycles. The van der Waals surface area contributed by atoms with Gasteiger partial charge in [0.05, 0.1) is 32.4 Å². The first-order chi connectivity index (χ1) is 11.6. The van der Waals surface area contributed by atoms with Crippen molar-refractivity contribution in [2.75, 3.05) is 26.9 Å². The summed E-state index contributed by atoms with van der Waals surface area (Å²) in [5.74, 6) is 1.60. The first kappa shape index (κ1) is 18.1. The summed E-state index contributed by atoms with van der Waals surface area (Å²) in [7, 11) is 1.62. The van der Waals surface area contributed by atoms with Crippen molar-refractivity contribution >= 4 is 5.91 Å². The van der Waals surface area contributed by atoms with E-state index in [1.165, 1.54) is 5.56 Å². The number of hydrogen-bond donors (Lipinski definition) is 0. The Morgan fingerprint density at radius 2 is 2.04 bits per heavy atom. The number of amides is 1. The largest absolute Gasteiger partial charge is 0.493 e.